The van der Waals surface area contributed by atoms with Crippen LogP contribution in [0.15, 0.2) is 18.2 Å². The third kappa shape index (κ3) is 4.91. The molecule has 20 heavy (non-hydrogen) atoms. The lowest BCUT2D eigenvalue weighted by molar-refractivity contribution is -0.138. The van der Waals surface area contributed by atoms with Crippen LogP contribution >= 0.6 is 0 Å². The minimum absolute atomic E-state index is 0.0536. The normalized spacial score (nSPS) is 11.2. The Morgan fingerprint density at radius 1 is 1.25 bits per heavy atom. The molecule has 4 nitrogen and oxygen atoms in total. The molecule has 0 saturated heterocycles. The molecule has 1 amide bonds. The molecule has 0 aliphatic rings. The number of aryl methyl sites for hydroxylation is 1. The van der Waals surface area contributed by atoms with E-state index in [1.54, 1.807) is 6.92 Å². The molecule has 1 aromatic rings. The maximum Gasteiger partial charge on any atom is 0.416 e. The van der Waals surface area contributed by atoms with Gasteiger partial charge in [0.1, 0.15) is 0 Å². The van der Waals surface area contributed by atoms with Gasteiger partial charge in [-0.25, -0.2) is 0 Å². The number of hydrogen-bond donors (Lipinski definition) is 2. The molecule has 1 aromatic carbocycles. The second kappa shape index (κ2) is 6.40. The van der Waals surface area contributed by atoms with Gasteiger partial charge >= 0.3 is 12.1 Å². The van der Waals surface area contributed by atoms with Crippen LogP contribution in [0.5, 0.6) is 0 Å². The number of alkyl halides is 3. The summed E-state index contributed by atoms with van der Waals surface area (Å²) in [7, 11) is 0. The zero-order chi connectivity index (χ0) is 15.3. The summed E-state index contributed by atoms with van der Waals surface area (Å²) in [5.41, 5.74) is -0.256. The summed E-state index contributed by atoms with van der Waals surface area (Å²) in [5, 5.41) is 10.8. The summed E-state index contributed by atoms with van der Waals surface area (Å²) in [6.07, 6.45) is -4.55. The van der Waals surface area contributed by atoms with E-state index in [1.165, 1.54) is 6.07 Å². The number of hydrogen-bond acceptors (Lipinski definition) is 2. The van der Waals surface area contributed by atoms with Gasteiger partial charge in [-0.3, -0.25) is 9.59 Å². The Morgan fingerprint density at radius 2 is 1.90 bits per heavy atom. The molecule has 0 atom stereocenters. The lowest BCUT2D eigenvalue weighted by Gasteiger charge is -2.12. The van der Waals surface area contributed by atoms with Crippen molar-refractivity contribution in [1.29, 1.82) is 0 Å². The number of carboxylic acid groups (broad SMARTS) is 1. The van der Waals surface area contributed by atoms with E-state index in [0.29, 0.717) is 5.56 Å². The van der Waals surface area contributed by atoms with Gasteiger partial charge in [-0.05, 0) is 31.0 Å². The Labute approximate surface area is 113 Å². The average molecular weight is 289 g/mol. The van der Waals surface area contributed by atoms with Gasteiger partial charge in [0.25, 0.3) is 0 Å². The van der Waals surface area contributed by atoms with E-state index in [9.17, 15) is 22.8 Å². The highest BCUT2D eigenvalue weighted by molar-refractivity contribution is 5.91. The van der Waals surface area contributed by atoms with Gasteiger partial charge < -0.3 is 10.4 Å². The molecular formula is C13H14F3NO3. The van der Waals surface area contributed by atoms with E-state index < -0.39 is 23.6 Å². The van der Waals surface area contributed by atoms with E-state index in [-0.39, 0.29) is 24.9 Å². The van der Waals surface area contributed by atoms with Gasteiger partial charge in [0.05, 0.1) is 5.56 Å². The molecule has 0 radical (unpaired) electrons. The summed E-state index contributed by atoms with van der Waals surface area (Å²) < 4.78 is 37.7. The van der Waals surface area contributed by atoms with Crippen LogP contribution in [0.1, 0.15) is 30.4 Å². The van der Waals surface area contributed by atoms with Crippen molar-refractivity contribution in [2.75, 3.05) is 5.32 Å². The zero-order valence-electron chi connectivity index (χ0n) is 10.8. The molecule has 0 aromatic heterocycles. The van der Waals surface area contributed by atoms with E-state index in [1.807, 2.05) is 0 Å². The Kier molecular flexibility index (Phi) is 5.12. The second-order valence-corrected chi connectivity index (χ2v) is 4.32. The first-order valence-corrected chi connectivity index (χ1v) is 5.89. The highest BCUT2D eigenvalue weighted by Gasteiger charge is 2.30. The largest absolute Gasteiger partial charge is 0.481 e. The number of amides is 1. The van der Waals surface area contributed by atoms with E-state index in [4.69, 9.17) is 5.11 Å². The summed E-state index contributed by atoms with van der Waals surface area (Å²) >= 11 is 0. The lowest BCUT2D eigenvalue weighted by Crippen LogP contribution is -2.14. The van der Waals surface area contributed by atoms with Crippen LogP contribution in [0, 0.1) is 6.92 Å². The highest BCUT2D eigenvalue weighted by Crippen LogP contribution is 2.32. The molecule has 1 rings (SSSR count). The third-order valence-corrected chi connectivity index (χ3v) is 2.63. The van der Waals surface area contributed by atoms with Gasteiger partial charge in [-0.1, -0.05) is 6.07 Å². The summed E-state index contributed by atoms with van der Waals surface area (Å²) in [6, 6.07) is 3.08. The Morgan fingerprint density at radius 3 is 2.45 bits per heavy atom. The number of carboxylic acids is 1. The minimum atomic E-state index is -4.48. The van der Waals surface area contributed by atoms with E-state index >= 15 is 0 Å². The van der Waals surface area contributed by atoms with Crippen molar-refractivity contribution < 1.29 is 27.9 Å². The summed E-state index contributed by atoms with van der Waals surface area (Å²) in [6.45, 7) is 1.58. The van der Waals surface area contributed by atoms with Crippen molar-refractivity contribution in [2.24, 2.45) is 0 Å². The lowest BCUT2D eigenvalue weighted by atomic mass is 10.1. The Balaban J connectivity index is 2.71. The molecule has 7 heteroatoms. The fourth-order valence-corrected chi connectivity index (χ4v) is 1.55. The average Bonchev–Trinajstić information content (AvgIpc) is 2.30. The second-order valence-electron chi connectivity index (χ2n) is 4.32. The molecule has 0 fully saturated rings. The molecule has 0 aliphatic carbocycles. The smallest absolute Gasteiger partial charge is 0.416 e. The fraction of sp³-hybridized carbons (Fsp3) is 0.385. The van der Waals surface area contributed by atoms with Crippen molar-refractivity contribution in [2.45, 2.75) is 32.4 Å². The molecule has 0 heterocycles. The van der Waals surface area contributed by atoms with Crippen LogP contribution in [0.25, 0.3) is 0 Å². The summed E-state index contributed by atoms with van der Waals surface area (Å²) in [4.78, 5) is 21.8. The van der Waals surface area contributed by atoms with Crippen molar-refractivity contribution in [1.82, 2.24) is 0 Å². The molecule has 0 unspecified atom stereocenters. The number of aliphatic carboxylic acids is 1. The minimum Gasteiger partial charge on any atom is -0.481 e. The monoisotopic (exact) mass is 289 g/mol. The van der Waals surface area contributed by atoms with Crippen molar-refractivity contribution in [3.63, 3.8) is 0 Å². The number of halogens is 3. The first kappa shape index (κ1) is 16.0. The maximum atomic E-state index is 12.6. The maximum absolute atomic E-state index is 12.6. The van der Waals surface area contributed by atoms with Gasteiger partial charge in [0.2, 0.25) is 5.91 Å². The topological polar surface area (TPSA) is 66.4 Å². The first-order valence-electron chi connectivity index (χ1n) is 5.89. The number of nitrogens with one attached hydrogen (secondary N) is 1. The zero-order valence-corrected chi connectivity index (χ0v) is 10.8. The molecule has 0 saturated carbocycles. The van der Waals surface area contributed by atoms with Crippen molar-refractivity contribution >= 4 is 17.6 Å². The molecule has 0 spiro atoms. The van der Waals surface area contributed by atoms with Crippen LogP contribution < -0.4 is 5.32 Å². The van der Waals surface area contributed by atoms with Gasteiger partial charge in [-0.2, -0.15) is 13.2 Å². The number of benzene rings is 1. The number of anilines is 1. The van der Waals surface area contributed by atoms with E-state index in [2.05, 4.69) is 5.32 Å². The van der Waals surface area contributed by atoms with Gasteiger partial charge in [-0.15, -0.1) is 0 Å². The molecule has 0 bridgehead atoms. The van der Waals surface area contributed by atoms with E-state index in [0.717, 1.165) is 12.1 Å². The number of carbonyl (C=O) groups excluding carboxylic acids is 1. The molecular weight excluding hydrogens is 275 g/mol. The van der Waals surface area contributed by atoms with Gasteiger partial charge in [0, 0.05) is 18.5 Å². The molecule has 0 aliphatic heterocycles. The Hall–Kier alpha value is -2.05. The number of rotatable bonds is 5. The van der Waals surface area contributed by atoms with Crippen LogP contribution in [0.3, 0.4) is 0 Å². The van der Waals surface area contributed by atoms with Gasteiger partial charge in [0.15, 0.2) is 0 Å². The van der Waals surface area contributed by atoms with Crippen LogP contribution in [0.2, 0.25) is 0 Å². The van der Waals surface area contributed by atoms with Crippen LogP contribution in [-0.4, -0.2) is 17.0 Å². The summed E-state index contributed by atoms with van der Waals surface area (Å²) in [5.74, 6) is -1.53. The predicted molar refractivity (Wildman–Crippen MR) is 66.3 cm³/mol. The van der Waals surface area contributed by atoms with Crippen LogP contribution in [0.4, 0.5) is 18.9 Å². The predicted octanol–water partition coefficient (Wildman–Crippen LogP) is 3.21. The van der Waals surface area contributed by atoms with Crippen molar-refractivity contribution in [3.8, 4) is 0 Å². The van der Waals surface area contributed by atoms with Crippen molar-refractivity contribution in [3.05, 3.63) is 29.3 Å². The third-order valence-electron chi connectivity index (χ3n) is 2.63. The van der Waals surface area contributed by atoms with Crippen LogP contribution in [-0.2, 0) is 15.8 Å². The quantitative estimate of drug-likeness (QED) is 0.874. The SMILES string of the molecule is Cc1ccc(C(F)(F)F)cc1NC(=O)CCCC(=O)O. The molecule has 2 N–H and O–H groups in total. The first-order chi connectivity index (χ1) is 9.20. The highest BCUT2D eigenvalue weighted by atomic mass is 19.4. The fourth-order valence-electron chi connectivity index (χ4n) is 1.55. The number of carbonyl (C=O) groups is 2. The standard InChI is InChI=1S/C13H14F3NO3/c1-8-5-6-9(13(14,15)16)7-10(8)17-11(18)3-2-4-12(19)20/h5-7H,2-4H2,1H3,(H,17,18)(H,19,20). The Bertz CT molecular complexity index is 512. The molecule has 110 valence electrons.